The molecule has 0 aromatic carbocycles. The van der Waals surface area contributed by atoms with E-state index in [1.807, 2.05) is 6.92 Å². The molecule has 0 atom stereocenters. The van der Waals surface area contributed by atoms with Crippen molar-refractivity contribution in [2.45, 2.75) is 32.6 Å². The Bertz CT molecular complexity index is 598. The molecule has 1 aliphatic carbocycles. The summed E-state index contributed by atoms with van der Waals surface area (Å²) in [5.41, 5.74) is 0.791. The van der Waals surface area contributed by atoms with E-state index in [2.05, 4.69) is 15.5 Å². The summed E-state index contributed by atoms with van der Waals surface area (Å²) < 4.78 is 4.91. The molecule has 0 radical (unpaired) electrons. The van der Waals surface area contributed by atoms with Crippen LogP contribution in [-0.4, -0.2) is 16.0 Å². The van der Waals surface area contributed by atoms with Gasteiger partial charge in [0.2, 0.25) is 0 Å². The molecule has 18 heavy (non-hydrogen) atoms. The van der Waals surface area contributed by atoms with E-state index in [0.717, 1.165) is 10.7 Å². The number of thiazole rings is 1. The maximum absolute atomic E-state index is 12.1. The Kier molecular flexibility index (Phi) is 2.66. The molecule has 6 heteroatoms. The Labute approximate surface area is 108 Å². The maximum atomic E-state index is 12.1. The molecule has 0 spiro atoms. The molecule has 2 heterocycles. The summed E-state index contributed by atoms with van der Waals surface area (Å²) in [5, 5.41) is 7.54. The molecule has 5 nitrogen and oxygen atoms in total. The lowest BCUT2D eigenvalue weighted by Gasteiger charge is -1.97. The Balaban J connectivity index is 1.79. The van der Waals surface area contributed by atoms with E-state index in [9.17, 15) is 4.79 Å². The van der Waals surface area contributed by atoms with Crippen molar-refractivity contribution in [3.63, 3.8) is 0 Å². The van der Waals surface area contributed by atoms with Gasteiger partial charge in [-0.1, -0.05) is 5.16 Å². The number of aryl methyl sites for hydroxylation is 2. The van der Waals surface area contributed by atoms with Crippen LogP contribution in [0.4, 0.5) is 5.82 Å². The molecular weight excluding hydrogens is 250 g/mol. The van der Waals surface area contributed by atoms with Crippen molar-refractivity contribution in [2.24, 2.45) is 0 Å². The normalized spacial score (nSPS) is 14.8. The van der Waals surface area contributed by atoms with Crippen LogP contribution in [0.15, 0.2) is 10.6 Å². The number of hydrogen-bond donors (Lipinski definition) is 1. The second-order valence-corrected chi connectivity index (χ2v) is 5.55. The number of nitrogens with zero attached hydrogens (tertiary/aromatic N) is 2. The van der Waals surface area contributed by atoms with Gasteiger partial charge in [-0.25, -0.2) is 4.98 Å². The fraction of sp³-hybridized carbons (Fsp3) is 0.417. The molecule has 1 amide bonds. The minimum absolute atomic E-state index is 0.162. The van der Waals surface area contributed by atoms with Gasteiger partial charge in [-0.05, 0) is 26.7 Å². The van der Waals surface area contributed by atoms with Crippen LogP contribution in [0.3, 0.4) is 0 Å². The van der Waals surface area contributed by atoms with E-state index in [4.69, 9.17) is 4.52 Å². The summed E-state index contributed by atoms with van der Waals surface area (Å²) in [4.78, 5) is 17.2. The van der Waals surface area contributed by atoms with Crippen LogP contribution in [0.1, 0.15) is 44.9 Å². The van der Waals surface area contributed by atoms with Crippen LogP contribution in [0.25, 0.3) is 0 Å². The highest BCUT2D eigenvalue weighted by atomic mass is 32.1. The largest absolute Gasteiger partial charge is 0.360 e. The minimum Gasteiger partial charge on any atom is -0.360 e. The van der Waals surface area contributed by atoms with Crippen LogP contribution in [0.2, 0.25) is 0 Å². The van der Waals surface area contributed by atoms with E-state index in [-0.39, 0.29) is 5.91 Å². The van der Waals surface area contributed by atoms with E-state index >= 15 is 0 Å². The second-order valence-electron chi connectivity index (χ2n) is 4.52. The van der Waals surface area contributed by atoms with Gasteiger partial charge in [-0.2, -0.15) is 0 Å². The summed E-state index contributed by atoms with van der Waals surface area (Å²) in [6.07, 6.45) is 2.38. The van der Waals surface area contributed by atoms with Crippen molar-refractivity contribution >= 4 is 23.1 Å². The molecule has 0 aliphatic heterocycles. The van der Waals surface area contributed by atoms with Gasteiger partial charge >= 0.3 is 0 Å². The third-order valence-electron chi connectivity index (χ3n) is 2.82. The first-order valence-corrected chi connectivity index (χ1v) is 6.67. The third-order valence-corrected chi connectivity index (χ3v) is 4.13. The standard InChI is InChI=1S/C12H13N3O2S/c1-6-5-9(15-17-6)14-11(16)10-7(2)13-12(18-10)8-3-4-8/h5,8H,3-4H2,1-2H3,(H,14,15,16). The molecule has 0 bridgehead atoms. The molecule has 3 rings (SSSR count). The highest BCUT2D eigenvalue weighted by Crippen LogP contribution is 2.42. The van der Waals surface area contributed by atoms with Crippen molar-refractivity contribution in [1.29, 1.82) is 0 Å². The molecule has 0 unspecified atom stereocenters. The molecule has 1 saturated carbocycles. The Morgan fingerprint density at radius 3 is 2.89 bits per heavy atom. The van der Waals surface area contributed by atoms with Crippen molar-refractivity contribution in [2.75, 3.05) is 5.32 Å². The molecule has 1 aliphatic rings. The van der Waals surface area contributed by atoms with Gasteiger partial charge in [0.25, 0.3) is 5.91 Å². The van der Waals surface area contributed by atoms with Gasteiger partial charge in [0.15, 0.2) is 5.82 Å². The minimum atomic E-state index is -0.162. The van der Waals surface area contributed by atoms with Crippen LogP contribution in [0.5, 0.6) is 0 Å². The summed E-state index contributed by atoms with van der Waals surface area (Å²) in [5.74, 6) is 1.53. The summed E-state index contributed by atoms with van der Waals surface area (Å²) in [6.45, 7) is 3.65. The SMILES string of the molecule is Cc1cc(NC(=O)c2sc(C3CC3)nc2C)no1. The van der Waals surface area contributed by atoms with Crippen LogP contribution < -0.4 is 5.32 Å². The smallest absolute Gasteiger partial charge is 0.268 e. The molecule has 0 saturated heterocycles. The third kappa shape index (κ3) is 2.15. The summed E-state index contributed by atoms with van der Waals surface area (Å²) in [7, 11) is 0. The van der Waals surface area contributed by atoms with E-state index in [1.54, 1.807) is 13.0 Å². The molecule has 1 fully saturated rings. The monoisotopic (exact) mass is 263 g/mol. The number of carbonyl (C=O) groups is 1. The van der Waals surface area contributed by atoms with E-state index < -0.39 is 0 Å². The van der Waals surface area contributed by atoms with Gasteiger partial charge in [-0.3, -0.25) is 4.79 Å². The number of nitrogens with one attached hydrogen (secondary N) is 1. The van der Waals surface area contributed by atoms with Gasteiger partial charge in [0, 0.05) is 12.0 Å². The molecule has 94 valence electrons. The number of hydrogen-bond acceptors (Lipinski definition) is 5. The van der Waals surface area contributed by atoms with Crippen molar-refractivity contribution in [1.82, 2.24) is 10.1 Å². The average Bonchev–Trinajstić information content (AvgIpc) is 2.99. The lowest BCUT2D eigenvalue weighted by Crippen LogP contribution is -2.11. The number of amides is 1. The van der Waals surface area contributed by atoms with Gasteiger partial charge in [0.1, 0.15) is 10.6 Å². The Morgan fingerprint density at radius 1 is 1.50 bits per heavy atom. The Hall–Kier alpha value is -1.69. The zero-order valence-corrected chi connectivity index (χ0v) is 11.0. The van der Waals surface area contributed by atoms with Gasteiger partial charge in [-0.15, -0.1) is 11.3 Å². The summed E-state index contributed by atoms with van der Waals surface area (Å²) >= 11 is 1.48. The number of rotatable bonds is 3. The predicted molar refractivity (Wildman–Crippen MR) is 68.0 cm³/mol. The second kappa shape index (κ2) is 4.20. The number of aromatic nitrogens is 2. The highest BCUT2D eigenvalue weighted by molar-refractivity contribution is 7.14. The first kappa shape index (κ1) is 11.4. The molecule has 2 aromatic heterocycles. The number of carbonyl (C=O) groups excluding carboxylic acids is 1. The van der Waals surface area contributed by atoms with Crippen molar-refractivity contribution in [3.8, 4) is 0 Å². The predicted octanol–water partition coefficient (Wildman–Crippen LogP) is 2.88. The zero-order chi connectivity index (χ0) is 12.7. The van der Waals surface area contributed by atoms with Gasteiger partial charge < -0.3 is 9.84 Å². The average molecular weight is 263 g/mol. The number of anilines is 1. The first-order valence-electron chi connectivity index (χ1n) is 5.85. The van der Waals surface area contributed by atoms with Crippen LogP contribution in [0, 0.1) is 13.8 Å². The van der Waals surface area contributed by atoms with Crippen LogP contribution in [-0.2, 0) is 0 Å². The van der Waals surface area contributed by atoms with E-state index in [0.29, 0.717) is 22.4 Å². The van der Waals surface area contributed by atoms with Gasteiger partial charge in [0.05, 0.1) is 10.7 Å². The summed E-state index contributed by atoms with van der Waals surface area (Å²) in [6, 6.07) is 1.69. The topological polar surface area (TPSA) is 68.0 Å². The lowest BCUT2D eigenvalue weighted by atomic mass is 10.3. The maximum Gasteiger partial charge on any atom is 0.268 e. The Morgan fingerprint density at radius 2 is 2.28 bits per heavy atom. The molecule has 2 aromatic rings. The lowest BCUT2D eigenvalue weighted by molar-refractivity contribution is 0.102. The zero-order valence-electron chi connectivity index (χ0n) is 10.2. The van der Waals surface area contributed by atoms with Crippen molar-refractivity contribution in [3.05, 3.63) is 27.4 Å². The van der Waals surface area contributed by atoms with Crippen molar-refractivity contribution < 1.29 is 9.32 Å². The molecule has 1 N–H and O–H groups in total. The fourth-order valence-corrected chi connectivity index (χ4v) is 2.86. The highest BCUT2D eigenvalue weighted by Gasteiger charge is 2.29. The van der Waals surface area contributed by atoms with Crippen LogP contribution >= 0.6 is 11.3 Å². The van der Waals surface area contributed by atoms with E-state index in [1.165, 1.54) is 24.2 Å². The fourth-order valence-electron chi connectivity index (χ4n) is 1.73. The first-order chi connectivity index (χ1) is 8.63. The molecular formula is C12H13N3O2S. The quantitative estimate of drug-likeness (QED) is 0.924.